The number of rotatable bonds is 6. The van der Waals surface area contributed by atoms with Crippen molar-refractivity contribution in [2.75, 3.05) is 14.2 Å². The molecule has 0 amide bonds. The van der Waals surface area contributed by atoms with Crippen LogP contribution < -0.4 is 32.8 Å². The molecule has 258 valence electrons. The average molecular weight is 704 g/mol. The van der Waals surface area contributed by atoms with Crippen molar-refractivity contribution in [2.45, 2.75) is 51.2 Å². The Kier molecular flexibility index (Phi) is 9.97. The lowest BCUT2D eigenvalue weighted by atomic mass is 9.65. The van der Waals surface area contributed by atoms with Crippen LogP contribution in [-0.2, 0) is 14.9 Å². The first-order chi connectivity index (χ1) is 26.1. The summed E-state index contributed by atoms with van der Waals surface area (Å²) in [6, 6.07) is 36.4. The van der Waals surface area contributed by atoms with E-state index in [1.54, 1.807) is 14.2 Å². The number of hydrogen-bond acceptors (Lipinski definition) is 3. The minimum Gasteiger partial charge on any atom is -0.455 e. The van der Waals surface area contributed by atoms with E-state index in [0.29, 0.717) is 54.9 Å². The summed E-state index contributed by atoms with van der Waals surface area (Å²) >= 11 is 0. The highest BCUT2D eigenvalue weighted by Crippen LogP contribution is 2.56. The highest BCUT2D eigenvalue weighted by molar-refractivity contribution is 6.66. The molecule has 8 rings (SSSR count). The lowest BCUT2D eigenvalue weighted by molar-refractivity contribution is -0.147. The molecular formula is C46H38B6O3. The van der Waals surface area contributed by atoms with Crippen LogP contribution in [0, 0.1) is 6.92 Å². The molecule has 12 radical (unpaired) electrons. The summed E-state index contributed by atoms with van der Waals surface area (Å²) in [5.41, 5.74) is 11.2. The summed E-state index contributed by atoms with van der Waals surface area (Å²) in [5.74, 6) is 0. The molecule has 0 bridgehead atoms. The molecule has 0 saturated heterocycles. The van der Waals surface area contributed by atoms with Crippen LogP contribution in [0.3, 0.4) is 0 Å². The van der Waals surface area contributed by atoms with Crippen LogP contribution in [0.4, 0.5) is 0 Å². The van der Waals surface area contributed by atoms with Gasteiger partial charge in [0.05, 0.1) is 16.6 Å². The fourth-order valence-electron chi connectivity index (χ4n) is 7.90. The van der Waals surface area contributed by atoms with Crippen LogP contribution in [0.25, 0.3) is 44.2 Å². The van der Waals surface area contributed by atoms with E-state index in [2.05, 4.69) is 103 Å². The van der Waals surface area contributed by atoms with Gasteiger partial charge in [-0.1, -0.05) is 125 Å². The number of fused-ring (bicyclic) bond motifs is 6. The van der Waals surface area contributed by atoms with Crippen molar-refractivity contribution < 1.29 is 13.9 Å². The molecule has 0 atom stereocenters. The molecule has 0 N–H and O–H groups in total. The van der Waals surface area contributed by atoms with Crippen LogP contribution in [0.1, 0.15) is 55.5 Å². The molecule has 0 fully saturated rings. The molecule has 1 aliphatic carbocycles. The first kappa shape index (κ1) is 38.7. The zero-order chi connectivity index (χ0) is 39.6. The summed E-state index contributed by atoms with van der Waals surface area (Å²) in [5, 5.41) is 1.15. The zero-order valence-electron chi connectivity index (χ0n) is 32.5. The molecule has 1 aliphatic rings. The Balaban J connectivity index is 0.000000412. The van der Waals surface area contributed by atoms with Crippen molar-refractivity contribution in [1.29, 1.82) is 0 Å². The lowest BCUT2D eigenvalue weighted by Crippen LogP contribution is -2.48. The summed E-state index contributed by atoms with van der Waals surface area (Å²) in [6.07, 6.45) is 0. The number of furan rings is 1. The third-order valence-corrected chi connectivity index (χ3v) is 12.1. The van der Waals surface area contributed by atoms with Crippen molar-refractivity contribution in [3.63, 3.8) is 0 Å². The van der Waals surface area contributed by atoms with Crippen LogP contribution in [0.15, 0.2) is 108 Å². The van der Waals surface area contributed by atoms with E-state index in [9.17, 15) is 0 Å². The molecule has 9 heteroatoms. The number of aryl methyl sites for hydroxylation is 1. The van der Waals surface area contributed by atoms with Gasteiger partial charge in [0.1, 0.15) is 58.2 Å². The van der Waals surface area contributed by atoms with Crippen molar-refractivity contribution in [1.82, 2.24) is 0 Å². The van der Waals surface area contributed by atoms with E-state index in [-0.39, 0.29) is 22.1 Å². The standard InChI is InChI=1S/C38H20B6O.C8H18O2/c1-19-30(39)34(43)32(41)28-29-33(42)35(44)31(40)27(37(29)45-36(19)28)20-15-17-22(18-16-20)38(21-9-3-2-4-10-21)25-13-7-5-11-23(25)24-12-6-8-14-26(24)38;1-7(2,9-5)8(3,4)10-6/h2-18H,1H3;1-6H3. The smallest absolute Gasteiger partial charge is 0.141 e. The number of benzene rings is 6. The molecular weight excluding hydrogens is 665 g/mol. The molecule has 0 aliphatic heterocycles. The second kappa shape index (κ2) is 14.2. The van der Waals surface area contributed by atoms with Gasteiger partial charge in [0.15, 0.2) is 0 Å². The number of methoxy groups -OCH3 is 2. The van der Waals surface area contributed by atoms with E-state index in [1.165, 1.54) is 27.8 Å². The Morgan fingerprint density at radius 1 is 0.491 bits per heavy atom. The molecule has 6 aromatic carbocycles. The van der Waals surface area contributed by atoms with E-state index >= 15 is 0 Å². The van der Waals surface area contributed by atoms with Crippen LogP contribution in [0.5, 0.6) is 0 Å². The van der Waals surface area contributed by atoms with E-state index < -0.39 is 5.41 Å². The summed E-state index contributed by atoms with van der Waals surface area (Å²) in [6.45, 7) is 9.88. The first-order valence-corrected chi connectivity index (χ1v) is 18.3. The van der Waals surface area contributed by atoms with Gasteiger partial charge in [0.2, 0.25) is 0 Å². The van der Waals surface area contributed by atoms with Crippen LogP contribution in [0.2, 0.25) is 0 Å². The zero-order valence-corrected chi connectivity index (χ0v) is 32.5. The Hall–Kier alpha value is -4.57. The number of hydrogen-bond donors (Lipinski definition) is 0. The summed E-state index contributed by atoms with van der Waals surface area (Å²) in [7, 11) is 42.2. The SMILES string of the molecule is COC(C)(C)C(C)(C)OC.[B]c1c([B])c([B])c2c(oc3c(-c4ccc(C5(c6ccccc6)c6ccccc6-c6ccccc65)cc4)c([B])c([B])c([B])c32)c1C. The molecule has 3 nitrogen and oxygen atoms in total. The fourth-order valence-corrected chi connectivity index (χ4v) is 7.90. The molecule has 0 spiro atoms. The highest BCUT2D eigenvalue weighted by atomic mass is 16.5. The van der Waals surface area contributed by atoms with Gasteiger partial charge < -0.3 is 13.9 Å². The average Bonchev–Trinajstić information content (AvgIpc) is 3.74. The third-order valence-electron chi connectivity index (χ3n) is 12.1. The number of ether oxygens (including phenoxy) is 2. The first-order valence-electron chi connectivity index (χ1n) is 18.3. The maximum atomic E-state index is 6.70. The highest BCUT2D eigenvalue weighted by Gasteiger charge is 2.45. The van der Waals surface area contributed by atoms with Gasteiger partial charge in [0, 0.05) is 30.6 Å². The maximum Gasteiger partial charge on any atom is 0.141 e. The van der Waals surface area contributed by atoms with Gasteiger partial charge >= 0.3 is 0 Å². The van der Waals surface area contributed by atoms with E-state index in [4.69, 9.17) is 61.0 Å². The van der Waals surface area contributed by atoms with Crippen molar-refractivity contribution >= 4 is 102 Å². The monoisotopic (exact) mass is 704 g/mol. The minimum absolute atomic E-state index is 0.234. The fraction of sp³-hybridized carbons (Fsp3) is 0.217. The van der Waals surface area contributed by atoms with Crippen molar-refractivity contribution in [3.8, 4) is 22.3 Å². The summed E-state index contributed by atoms with van der Waals surface area (Å²) < 4.78 is 17.0. The van der Waals surface area contributed by atoms with Gasteiger partial charge in [-0.15, -0.1) is 10.9 Å². The molecule has 0 saturated carbocycles. The van der Waals surface area contributed by atoms with Crippen LogP contribution in [-0.4, -0.2) is 72.5 Å². The Morgan fingerprint density at radius 2 is 0.927 bits per heavy atom. The van der Waals surface area contributed by atoms with E-state index in [0.717, 1.165) is 11.1 Å². The largest absolute Gasteiger partial charge is 0.455 e. The molecule has 55 heavy (non-hydrogen) atoms. The molecule has 1 heterocycles. The van der Waals surface area contributed by atoms with Gasteiger partial charge in [0.25, 0.3) is 0 Å². The predicted molar refractivity (Wildman–Crippen MR) is 236 cm³/mol. The summed E-state index contributed by atoms with van der Waals surface area (Å²) in [4.78, 5) is 0. The molecule has 0 unspecified atom stereocenters. The third kappa shape index (κ3) is 5.80. The predicted octanol–water partition coefficient (Wildman–Crippen LogP) is 4.52. The van der Waals surface area contributed by atoms with Crippen molar-refractivity contribution in [2.24, 2.45) is 0 Å². The van der Waals surface area contributed by atoms with E-state index in [1.807, 2.05) is 34.6 Å². The second-order valence-corrected chi connectivity index (χ2v) is 15.2. The van der Waals surface area contributed by atoms with Gasteiger partial charge in [-0.05, 0) is 79.1 Å². The van der Waals surface area contributed by atoms with Gasteiger partial charge in [-0.3, -0.25) is 0 Å². The van der Waals surface area contributed by atoms with Gasteiger partial charge in [-0.25, -0.2) is 0 Å². The quantitative estimate of drug-likeness (QED) is 0.239. The van der Waals surface area contributed by atoms with Crippen LogP contribution >= 0.6 is 0 Å². The Morgan fingerprint density at radius 3 is 1.44 bits per heavy atom. The van der Waals surface area contributed by atoms with Gasteiger partial charge in [-0.2, -0.15) is 0 Å². The topological polar surface area (TPSA) is 31.6 Å². The minimum atomic E-state index is -0.520. The second-order valence-electron chi connectivity index (χ2n) is 15.2. The Bertz CT molecular complexity index is 2530. The van der Waals surface area contributed by atoms with Crippen molar-refractivity contribution in [3.05, 3.63) is 131 Å². The maximum absolute atomic E-state index is 6.70. The lowest BCUT2D eigenvalue weighted by Gasteiger charge is -2.38. The molecule has 1 aromatic heterocycles. The Labute approximate surface area is 333 Å². The normalized spacial score (nSPS) is 13.4. The molecule has 7 aromatic rings.